The average molecular weight is 302 g/mol. The summed E-state index contributed by atoms with van der Waals surface area (Å²) in [5.41, 5.74) is 1.92. The summed E-state index contributed by atoms with van der Waals surface area (Å²) in [6.07, 6.45) is 0.721. The molecule has 0 spiro atoms. The third-order valence-corrected chi connectivity index (χ3v) is 4.22. The first-order valence-corrected chi connectivity index (χ1v) is 7.57. The Hall–Kier alpha value is -2.14. The number of hydrogen-bond acceptors (Lipinski definition) is 3. The van der Waals surface area contributed by atoms with Crippen LogP contribution in [0.3, 0.4) is 0 Å². The summed E-state index contributed by atoms with van der Waals surface area (Å²) >= 11 is 1.48. The maximum absolute atomic E-state index is 11.7. The molecule has 5 heteroatoms. The van der Waals surface area contributed by atoms with Crippen molar-refractivity contribution in [1.29, 1.82) is 0 Å². The summed E-state index contributed by atoms with van der Waals surface area (Å²) < 4.78 is 0. The molecule has 21 heavy (non-hydrogen) atoms. The summed E-state index contributed by atoms with van der Waals surface area (Å²) in [6.45, 7) is 4.10. The summed E-state index contributed by atoms with van der Waals surface area (Å²) in [4.78, 5) is 24.8. The van der Waals surface area contributed by atoms with Crippen LogP contribution >= 0.6 is 11.3 Å². The van der Waals surface area contributed by atoms with Gasteiger partial charge < -0.3 is 10.6 Å². The lowest BCUT2D eigenvalue weighted by molar-refractivity contribution is 0.102. The molecule has 0 aliphatic rings. The fraction of sp³-hybridized carbons (Fsp3) is 0.250. The van der Waals surface area contributed by atoms with E-state index in [1.165, 1.54) is 11.3 Å². The predicted molar refractivity (Wildman–Crippen MR) is 86.2 cm³/mol. The lowest BCUT2D eigenvalue weighted by Crippen LogP contribution is -2.30. The molecule has 1 heterocycles. The third kappa shape index (κ3) is 4.72. The highest BCUT2D eigenvalue weighted by atomic mass is 32.1. The topological polar surface area (TPSA) is 58.2 Å². The molecule has 0 saturated carbocycles. The van der Waals surface area contributed by atoms with Gasteiger partial charge in [0, 0.05) is 17.1 Å². The fourth-order valence-corrected chi connectivity index (χ4v) is 2.72. The summed E-state index contributed by atoms with van der Waals surface area (Å²) in [6, 6.07) is 11.2. The highest BCUT2D eigenvalue weighted by Gasteiger charge is 2.05. The summed E-state index contributed by atoms with van der Waals surface area (Å²) in [5.74, 6) is 0.0799. The molecule has 110 valence electrons. The van der Waals surface area contributed by atoms with E-state index in [-0.39, 0.29) is 11.8 Å². The Morgan fingerprint density at radius 3 is 2.43 bits per heavy atom. The first-order valence-electron chi connectivity index (χ1n) is 6.76. The molecule has 0 fully saturated rings. The Morgan fingerprint density at radius 2 is 1.81 bits per heavy atom. The molecule has 2 aromatic rings. The molecule has 0 atom stereocenters. The number of anilines is 1. The monoisotopic (exact) mass is 302 g/mol. The van der Waals surface area contributed by atoms with Crippen LogP contribution in [0.2, 0.25) is 0 Å². The molecular weight excluding hydrogens is 284 g/mol. The normalized spacial score (nSPS) is 10.2. The van der Waals surface area contributed by atoms with E-state index in [1.54, 1.807) is 6.92 Å². The highest BCUT2D eigenvalue weighted by Crippen LogP contribution is 2.17. The van der Waals surface area contributed by atoms with E-state index in [1.807, 2.05) is 43.3 Å². The number of aryl methyl sites for hydroxylation is 1. The second-order valence-electron chi connectivity index (χ2n) is 4.82. The zero-order chi connectivity index (χ0) is 15.2. The molecule has 0 bridgehead atoms. The molecule has 2 N–H and O–H groups in total. The van der Waals surface area contributed by atoms with Gasteiger partial charge >= 0.3 is 6.03 Å². The molecule has 0 unspecified atom stereocenters. The number of Topliss-reactive ketones (excluding diaryl/α,β-unsaturated/α-hetero) is 1. The minimum atomic E-state index is -0.220. The number of amides is 2. The molecule has 0 aliphatic heterocycles. The van der Waals surface area contributed by atoms with Crippen LogP contribution in [0.5, 0.6) is 0 Å². The van der Waals surface area contributed by atoms with E-state index in [2.05, 4.69) is 10.6 Å². The Bertz CT molecular complexity index is 632. The van der Waals surface area contributed by atoms with Gasteiger partial charge in [0.05, 0.1) is 4.88 Å². The van der Waals surface area contributed by atoms with E-state index in [4.69, 9.17) is 0 Å². The van der Waals surface area contributed by atoms with Crippen molar-refractivity contribution in [3.63, 3.8) is 0 Å². The van der Waals surface area contributed by atoms with Crippen LogP contribution in [0.15, 0.2) is 36.4 Å². The van der Waals surface area contributed by atoms with Gasteiger partial charge in [-0.1, -0.05) is 17.7 Å². The Labute approximate surface area is 128 Å². The van der Waals surface area contributed by atoms with E-state index < -0.39 is 0 Å². The number of benzene rings is 1. The lowest BCUT2D eigenvalue weighted by atomic mass is 10.2. The van der Waals surface area contributed by atoms with Gasteiger partial charge in [-0.3, -0.25) is 4.79 Å². The average Bonchev–Trinajstić information content (AvgIpc) is 2.90. The van der Waals surface area contributed by atoms with E-state index in [0.29, 0.717) is 6.54 Å². The number of carbonyl (C=O) groups excluding carboxylic acids is 2. The molecule has 1 aromatic carbocycles. The van der Waals surface area contributed by atoms with E-state index >= 15 is 0 Å². The van der Waals surface area contributed by atoms with Gasteiger partial charge in [0.1, 0.15) is 0 Å². The third-order valence-electron chi connectivity index (χ3n) is 2.98. The van der Waals surface area contributed by atoms with Crippen LogP contribution in [-0.2, 0) is 6.42 Å². The Kier molecular flexibility index (Phi) is 5.11. The van der Waals surface area contributed by atoms with Gasteiger partial charge in [-0.15, -0.1) is 11.3 Å². The van der Waals surface area contributed by atoms with Crippen molar-refractivity contribution in [3.8, 4) is 0 Å². The van der Waals surface area contributed by atoms with Gasteiger partial charge in [0.15, 0.2) is 5.78 Å². The predicted octanol–water partition coefficient (Wildman–Crippen LogP) is 3.62. The van der Waals surface area contributed by atoms with Crippen LogP contribution < -0.4 is 10.6 Å². The number of urea groups is 1. The van der Waals surface area contributed by atoms with Crippen LogP contribution in [-0.4, -0.2) is 18.4 Å². The molecule has 2 amide bonds. The molecule has 0 radical (unpaired) electrons. The van der Waals surface area contributed by atoms with Crippen molar-refractivity contribution in [2.45, 2.75) is 20.3 Å². The minimum Gasteiger partial charge on any atom is -0.338 e. The quantitative estimate of drug-likeness (QED) is 0.829. The number of ketones is 1. The standard InChI is InChI=1S/C16H18N2O2S/c1-11-3-5-13(6-4-11)18-16(20)17-10-9-14-7-8-15(21-14)12(2)19/h3-8H,9-10H2,1-2H3,(H2,17,18,20). The summed E-state index contributed by atoms with van der Waals surface area (Å²) in [5, 5.41) is 5.58. The first kappa shape index (κ1) is 15.3. The van der Waals surface area contributed by atoms with E-state index in [0.717, 1.165) is 27.4 Å². The maximum Gasteiger partial charge on any atom is 0.319 e. The number of rotatable bonds is 5. The fourth-order valence-electron chi connectivity index (χ4n) is 1.81. The summed E-state index contributed by atoms with van der Waals surface area (Å²) in [7, 11) is 0. The second kappa shape index (κ2) is 7.04. The number of carbonyl (C=O) groups is 2. The highest BCUT2D eigenvalue weighted by molar-refractivity contribution is 7.14. The second-order valence-corrected chi connectivity index (χ2v) is 5.99. The minimum absolute atomic E-state index is 0.0799. The van der Waals surface area contributed by atoms with Crippen LogP contribution in [0.1, 0.15) is 27.0 Å². The molecule has 2 rings (SSSR count). The maximum atomic E-state index is 11.7. The van der Waals surface area contributed by atoms with Gasteiger partial charge in [-0.2, -0.15) is 0 Å². The number of nitrogens with one attached hydrogen (secondary N) is 2. The zero-order valence-corrected chi connectivity index (χ0v) is 12.9. The molecule has 4 nitrogen and oxygen atoms in total. The van der Waals surface area contributed by atoms with Crippen molar-refractivity contribution in [2.75, 3.05) is 11.9 Å². The number of hydrogen-bond donors (Lipinski definition) is 2. The first-order chi connectivity index (χ1) is 10.0. The largest absolute Gasteiger partial charge is 0.338 e. The van der Waals surface area contributed by atoms with Gasteiger partial charge in [-0.25, -0.2) is 4.79 Å². The van der Waals surface area contributed by atoms with Crippen molar-refractivity contribution in [1.82, 2.24) is 5.32 Å². The smallest absolute Gasteiger partial charge is 0.319 e. The SMILES string of the molecule is CC(=O)c1ccc(CCNC(=O)Nc2ccc(C)cc2)s1. The van der Waals surface area contributed by atoms with Crippen molar-refractivity contribution in [2.24, 2.45) is 0 Å². The van der Waals surface area contributed by atoms with Crippen LogP contribution in [0.25, 0.3) is 0 Å². The lowest BCUT2D eigenvalue weighted by Gasteiger charge is -2.07. The van der Waals surface area contributed by atoms with Crippen molar-refractivity contribution < 1.29 is 9.59 Å². The number of thiophene rings is 1. The molecule has 0 aliphatic carbocycles. The van der Waals surface area contributed by atoms with Gasteiger partial charge in [-0.05, 0) is 44.5 Å². The molecular formula is C16H18N2O2S. The van der Waals surface area contributed by atoms with Crippen molar-refractivity contribution >= 4 is 28.8 Å². The Morgan fingerprint density at radius 1 is 1.10 bits per heavy atom. The van der Waals surface area contributed by atoms with Crippen LogP contribution in [0, 0.1) is 6.92 Å². The van der Waals surface area contributed by atoms with Crippen LogP contribution in [0.4, 0.5) is 10.5 Å². The molecule has 1 aromatic heterocycles. The zero-order valence-electron chi connectivity index (χ0n) is 12.1. The van der Waals surface area contributed by atoms with Crippen molar-refractivity contribution in [3.05, 3.63) is 51.7 Å². The molecule has 0 saturated heterocycles. The van der Waals surface area contributed by atoms with Gasteiger partial charge in [0.2, 0.25) is 0 Å². The Balaban J connectivity index is 1.76. The van der Waals surface area contributed by atoms with Gasteiger partial charge in [0.25, 0.3) is 0 Å². The van der Waals surface area contributed by atoms with E-state index in [9.17, 15) is 9.59 Å².